The minimum atomic E-state index is -1.08. The van der Waals surface area contributed by atoms with E-state index < -0.39 is 17.9 Å². The van der Waals surface area contributed by atoms with Gasteiger partial charge in [0, 0.05) is 19.5 Å². The number of rotatable bonds is 6. The zero-order valence-corrected chi connectivity index (χ0v) is 13.8. The number of aliphatic carboxylic acids is 1. The molecule has 0 radical (unpaired) electrons. The first-order chi connectivity index (χ1) is 12.1. The fraction of sp³-hybridized carbons (Fsp3) is 0.333. The van der Waals surface area contributed by atoms with Gasteiger partial charge in [0.1, 0.15) is 6.04 Å². The molecule has 1 fully saturated rings. The lowest BCUT2D eigenvalue weighted by Crippen LogP contribution is -2.42. The van der Waals surface area contributed by atoms with Crippen molar-refractivity contribution >= 4 is 17.7 Å². The second-order valence-corrected chi connectivity index (χ2v) is 6.02. The minimum absolute atomic E-state index is 0.113. The van der Waals surface area contributed by atoms with Crippen LogP contribution >= 0.6 is 0 Å². The molecule has 7 heteroatoms. The molecule has 130 valence electrons. The molecule has 1 amide bonds. The van der Waals surface area contributed by atoms with E-state index in [0.29, 0.717) is 0 Å². The van der Waals surface area contributed by atoms with Crippen LogP contribution in [0.1, 0.15) is 28.9 Å². The first kappa shape index (κ1) is 16.9. The minimum Gasteiger partial charge on any atom is -0.480 e. The van der Waals surface area contributed by atoms with Crippen LogP contribution in [-0.2, 0) is 11.2 Å². The van der Waals surface area contributed by atoms with E-state index in [1.54, 1.807) is 12.1 Å². The molecular formula is C18H20N4O3. The third-order valence-electron chi connectivity index (χ3n) is 4.20. The van der Waals surface area contributed by atoms with Crippen molar-refractivity contribution in [2.75, 3.05) is 18.0 Å². The summed E-state index contributed by atoms with van der Waals surface area (Å²) < 4.78 is 0. The molecule has 1 aromatic carbocycles. The van der Waals surface area contributed by atoms with Gasteiger partial charge in [-0.25, -0.2) is 4.79 Å². The monoisotopic (exact) mass is 340 g/mol. The van der Waals surface area contributed by atoms with Gasteiger partial charge in [-0.1, -0.05) is 30.3 Å². The van der Waals surface area contributed by atoms with Gasteiger partial charge in [-0.3, -0.25) is 4.79 Å². The van der Waals surface area contributed by atoms with Crippen LogP contribution in [0.25, 0.3) is 0 Å². The van der Waals surface area contributed by atoms with Crippen LogP contribution in [0.4, 0.5) is 5.82 Å². The van der Waals surface area contributed by atoms with Crippen LogP contribution < -0.4 is 10.2 Å². The third-order valence-corrected chi connectivity index (χ3v) is 4.20. The molecular weight excluding hydrogens is 320 g/mol. The van der Waals surface area contributed by atoms with Crippen molar-refractivity contribution < 1.29 is 14.7 Å². The topological polar surface area (TPSA) is 95.4 Å². The van der Waals surface area contributed by atoms with Crippen LogP contribution in [0.3, 0.4) is 0 Å². The second kappa shape index (κ2) is 7.74. The summed E-state index contributed by atoms with van der Waals surface area (Å²) in [5.41, 5.74) is 0.952. The zero-order valence-electron chi connectivity index (χ0n) is 13.8. The number of hydrogen-bond acceptors (Lipinski definition) is 5. The Bertz CT molecular complexity index is 728. The van der Waals surface area contributed by atoms with Gasteiger partial charge in [-0.05, 0) is 30.5 Å². The molecule has 0 aliphatic carbocycles. The predicted molar refractivity (Wildman–Crippen MR) is 92.5 cm³/mol. The molecule has 1 aromatic heterocycles. The van der Waals surface area contributed by atoms with Crippen molar-refractivity contribution in [3.05, 3.63) is 53.7 Å². The number of aromatic nitrogens is 2. The lowest BCUT2D eigenvalue weighted by Gasteiger charge is -2.16. The second-order valence-electron chi connectivity index (χ2n) is 6.02. The average Bonchev–Trinajstić information content (AvgIpc) is 3.16. The van der Waals surface area contributed by atoms with E-state index >= 15 is 0 Å². The molecule has 3 rings (SSSR count). The summed E-state index contributed by atoms with van der Waals surface area (Å²) >= 11 is 0. The SMILES string of the molecule is O=C(N[C@@H](Cc1ccccc1)C(=O)O)c1ccc(N2CCCC2)nn1. The maximum absolute atomic E-state index is 12.3. The standard InChI is InChI=1S/C18H20N4O3/c23-17(14-8-9-16(21-20-14)22-10-4-5-11-22)19-15(18(24)25)12-13-6-2-1-3-7-13/h1-3,6-9,15H,4-5,10-12H2,(H,19,23)(H,24,25)/t15-/m0/s1. The van der Waals surface area contributed by atoms with Crippen LogP contribution in [0.5, 0.6) is 0 Å². The van der Waals surface area contributed by atoms with Crippen molar-refractivity contribution in [1.29, 1.82) is 0 Å². The van der Waals surface area contributed by atoms with Gasteiger partial charge in [0.05, 0.1) is 0 Å². The molecule has 7 nitrogen and oxygen atoms in total. The number of hydrogen-bond donors (Lipinski definition) is 2. The Morgan fingerprint density at radius 3 is 2.40 bits per heavy atom. The molecule has 2 aromatic rings. The molecule has 0 unspecified atom stereocenters. The maximum Gasteiger partial charge on any atom is 0.326 e. The summed E-state index contributed by atoms with van der Waals surface area (Å²) in [6.45, 7) is 1.89. The van der Waals surface area contributed by atoms with E-state index in [1.807, 2.05) is 30.3 Å². The highest BCUT2D eigenvalue weighted by atomic mass is 16.4. The summed E-state index contributed by atoms with van der Waals surface area (Å²) in [4.78, 5) is 25.8. The number of benzene rings is 1. The highest BCUT2D eigenvalue weighted by Gasteiger charge is 2.22. The number of nitrogens with zero attached hydrogens (tertiary/aromatic N) is 3. The van der Waals surface area contributed by atoms with Crippen LogP contribution in [0.15, 0.2) is 42.5 Å². The van der Waals surface area contributed by atoms with Crippen LogP contribution in [0.2, 0.25) is 0 Å². The number of carbonyl (C=O) groups is 2. The molecule has 1 aliphatic rings. The Labute approximate surface area is 145 Å². The summed E-state index contributed by atoms with van der Waals surface area (Å²) in [6, 6.07) is 11.5. The largest absolute Gasteiger partial charge is 0.480 e. The highest BCUT2D eigenvalue weighted by molar-refractivity contribution is 5.95. The smallest absolute Gasteiger partial charge is 0.326 e. The van der Waals surface area contributed by atoms with Crippen molar-refractivity contribution in [2.24, 2.45) is 0 Å². The predicted octanol–water partition coefficient (Wildman–Crippen LogP) is 1.50. The Morgan fingerprint density at radius 2 is 1.80 bits per heavy atom. The fourth-order valence-corrected chi connectivity index (χ4v) is 2.84. The van der Waals surface area contributed by atoms with E-state index in [1.165, 1.54) is 0 Å². The molecule has 0 spiro atoms. The molecule has 1 saturated heterocycles. The molecule has 2 heterocycles. The van der Waals surface area contributed by atoms with Crippen molar-refractivity contribution in [1.82, 2.24) is 15.5 Å². The van der Waals surface area contributed by atoms with Gasteiger partial charge in [0.25, 0.3) is 5.91 Å². The number of nitrogens with one attached hydrogen (secondary N) is 1. The van der Waals surface area contributed by atoms with E-state index in [9.17, 15) is 14.7 Å². The quantitative estimate of drug-likeness (QED) is 0.827. The first-order valence-corrected chi connectivity index (χ1v) is 8.30. The number of carbonyl (C=O) groups excluding carboxylic acids is 1. The third kappa shape index (κ3) is 4.32. The average molecular weight is 340 g/mol. The van der Waals surface area contributed by atoms with Crippen LogP contribution in [-0.4, -0.2) is 46.3 Å². The Hall–Kier alpha value is -2.96. The highest BCUT2D eigenvalue weighted by Crippen LogP contribution is 2.16. The normalized spacial score (nSPS) is 15.0. The summed E-state index contributed by atoms with van der Waals surface area (Å²) in [7, 11) is 0. The Kier molecular flexibility index (Phi) is 5.23. The van der Waals surface area contributed by atoms with Gasteiger partial charge in [0.15, 0.2) is 11.5 Å². The van der Waals surface area contributed by atoms with Gasteiger partial charge in [-0.2, -0.15) is 0 Å². The molecule has 1 aliphatic heterocycles. The lowest BCUT2D eigenvalue weighted by atomic mass is 10.1. The lowest BCUT2D eigenvalue weighted by molar-refractivity contribution is -0.139. The summed E-state index contributed by atoms with van der Waals surface area (Å²) in [5.74, 6) is -0.879. The Morgan fingerprint density at radius 1 is 1.08 bits per heavy atom. The van der Waals surface area contributed by atoms with Gasteiger partial charge >= 0.3 is 5.97 Å². The van der Waals surface area contributed by atoms with Crippen LogP contribution in [0, 0.1) is 0 Å². The summed E-state index contributed by atoms with van der Waals surface area (Å²) in [5, 5.41) is 19.9. The van der Waals surface area contributed by atoms with E-state index in [-0.39, 0.29) is 12.1 Å². The molecule has 2 N–H and O–H groups in total. The van der Waals surface area contributed by atoms with Gasteiger partial charge in [-0.15, -0.1) is 10.2 Å². The molecule has 1 atom stereocenters. The van der Waals surface area contributed by atoms with E-state index in [2.05, 4.69) is 20.4 Å². The molecule has 0 saturated carbocycles. The van der Waals surface area contributed by atoms with Crippen molar-refractivity contribution in [2.45, 2.75) is 25.3 Å². The number of carboxylic acids is 1. The van der Waals surface area contributed by atoms with Crippen molar-refractivity contribution in [3.63, 3.8) is 0 Å². The van der Waals surface area contributed by atoms with Gasteiger partial charge < -0.3 is 15.3 Å². The maximum atomic E-state index is 12.3. The molecule has 25 heavy (non-hydrogen) atoms. The van der Waals surface area contributed by atoms with E-state index in [0.717, 1.165) is 37.3 Å². The first-order valence-electron chi connectivity index (χ1n) is 8.30. The van der Waals surface area contributed by atoms with Crippen molar-refractivity contribution in [3.8, 4) is 0 Å². The number of amides is 1. The number of anilines is 1. The van der Waals surface area contributed by atoms with E-state index in [4.69, 9.17) is 0 Å². The Balaban J connectivity index is 1.65. The number of carboxylic acid groups (broad SMARTS) is 1. The summed E-state index contributed by atoms with van der Waals surface area (Å²) in [6.07, 6.45) is 2.47. The fourth-order valence-electron chi connectivity index (χ4n) is 2.84. The zero-order chi connectivity index (χ0) is 17.6. The van der Waals surface area contributed by atoms with Gasteiger partial charge in [0.2, 0.25) is 0 Å². The molecule has 0 bridgehead atoms.